The summed E-state index contributed by atoms with van der Waals surface area (Å²) in [6.45, 7) is 3.14. The molecule has 4 aromatic rings. The number of pyridine rings is 1. The number of fused-ring (bicyclic) bond motifs is 3. The van der Waals surface area contributed by atoms with E-state index >= 15 is 4.39 Å². The van der Waals surface area contributed by atoms with Crippen molar-refractivity contribution in [1.29, 1.82) is 0 Å². The summed E-state index contributed by atoms with van der Waals surface area (Å²) in [5.41, 5.74) is 6.66. The molecule has 0 unspecified atom stereocenters. The van der Waals surface area contributed by atoms with Gasteiger partial charge in [0.1, 0.15) is 29.5 Å². The maximum absolute atomic E-state index is 16.3. The molecule has 2 aliphatic heterocycles. The zero-order valence-corrected chi connectivity index (χ0v) is 21.9. The van der Waals surface area contributed by atoms with Crippen molar-refractivity contribution in [2.24, 2.45) is 5.73 Å². The fourth-order valence-corrected chi connectivity index (χ4v) is 6.64. The molecule has 3 fully saturated rings. The highest BCUT2D eigenvalue weighted by Gasteiger charge is 2.45. The Hall–Kier alpha value is -3.43. The lowest BCUT2D eigenvalue weighted by molar-refractivity contribution is 0.108. The second kappa shape index (κ2) is 9.34. The lowest BCUT2D eigenvalue weighted by Gasteiger charge is -2.38. The third-order valence-electron chi connectivity index (χ3n) is 9.01. The van der Waals surface area contributed by atoms with Crippen molar-refractivity contribution >= 4 is 27.5 Å². The smallest absolute Gasteiger partial charge is 0.319 e. The first-order valence-electron chi connectivity index (χ1n) is 13.9. The lowest BCUT2D eigenvalue weighted by Crippen LogP contribution is -2.52. The molecule has 0 amide bonds. The van der Waals surface area contributed by atoms with Crippen molar-refractivity contribution in [2.45, 2.75) is 56.0 Å². The predicted molar refractivity (Wildman–Crippen MR) is 148 cm³/mol. The van der Waals surface area contributed by atoms with Crippen LogP contribution < -0.4 is 15.8 Å². The quantitative estimate of drug-likeness (QED) is 0.330. The van der Waals surface area contributed by atoms with Gasteiger partial charge in [-0.1, -0.05) is 30.3 Å². The summed E-state index contributed by atoms with van der Waals surface area (Å²) >= 11 is 0. The number of nitrogens with two attached hydrogens (primary N) is 1. The van der Waals surface area contributed by atoms with Gasteiger partial charge in [0.25, 0.3) is 0 Å². The van der Waals surface area contributed by atoms with Gasteiger partial charge in [-0.3, -0.25) is 9.88 Å². The fourth-order valence-electron chi connectivity index (χ4n) is 6.64. The summed E-state index contributed by atoms with van der Waals surface area (Å²) < 4.78 is 37.4. The molecule has 7 rings (SSSR count). The Bertz CT molecular complexity index is 1560. The van der Waals surface area contributed by atoms with Gasteiger partial charge in [-0.25, -0.2) is 8.78 Å². The molecule has 7 nitrogen and oxygen atoms in total. The molecule has 0 bridgehead atoms. The largest absolute Gasteiger partial charge is 0.461 e. The van der Waals surface area contributed by atoms with Gasteiger partial charge >= 0.3 is 6.01 Å². The molecule has 3 N–H and O–H groups in total. The molecule has 202 valence electrons. The van der Waals surface area contributed by atoms with Crippen molar-refractivity contribution in [1.82, 2.24) is 19.9 Å². The van der Waals surface area contributed by atoms with Gasteiger partial charge in [0.2, 0.25) is 0 Å². The Labute approximate surface area is 225 Å². The Balaban J connectivity index is 1.31. The Kier molecular flexibility index (Phi) is 5.89. The van der Waals surface area contributed by atoms with Gasteiger partial charge in [-0.2, -0.15) is 9.97 Å². The number of halogens is 2. The summed E-state index contributed by atoms with van der Waals surface area (Å²) in [5, 5.41) is 4.77. The van der Waals surface area contributed by atoms with E-state index in [1.165, 1.54) is 6.07 Å². The van der Waals surface area contributed by atoms with Crippen LogP contribution in [0.25, 0.3) is 32.9 Å². The summed E-state index contributed by atoms with van der Waals surface area (Å²) in [7, 11) is 0. The molecule has 3 aliphatic rings. The van der Waals surface area contributed by atoms with E-state index < -0.39 is 11.6 Å². The maximum Gasteiger partial charge on any atom is 0.319 e. The molecule has 0 radical (unpaired) electrons. The molecule has 2 aromatic carbocycles. The van der Waals surface area contributed by atoms with Gasteiger partial charge < -0.3 is 15.8 Å². The predicted octanol–water partition coefficient (Wildman–Crippen LogP) is 5.42. The standard InChI is InChI=1S/C30H32F2N6O/c31-22-9-2-7-19-6-1-8-20(23(19)22)25-24(32)26-21(16-34-25)27(35-17-29(33)10-3-11-29)37-28(36-26)39-18-30-12-4-14-38(30)15-5-13-30/h1-2,6-9,16H,3-5,10-15,17-18,33H2,(H,35,36,37). The van der Waals surface area contributed by atoms with Crippen LogP contribution in [0.15, 0.2) is 42.6 Å². The summed E-state index contributed by atoms with van der Waals surface area (Å²) in [5.74, 6) is -0.615. The third-order valence-corrected chi connectivity index (χ3v) is 9.01. The lowest BCUT2D eigenvalue weighted by atomic mass is 9.78. The van der Waals surface area contributed by atoms with Crippen molar-refractivity contribution < 1.29 is 13.5 Å². The van der Waals surface area contributed by atoms with E-state index in [4.69, 9.17) is 10.5 Å². The zero-order chi connectivity index (χ0) is 26.6. The van der Waals surface area contributed by atoms with E-state index in [2.05, 4.69) is 25.2 Å². The number of benzene rings is 2. The van der Waals surface area contributed by atoms with E-state index in [-0.39, 0.29) is 28.3 Å². The minimum Gasteiger partial charge on any atom is -0.461 e. The highest BCUT2D eigenvalue weighted by atomic mass is 19.1. The number of ether oxygens (including phenoxy) is 1. The second-order valence-electron chi connectivity index (χ2n) is 11.5. The van der Waals surface area contributed by atoms with Gasteiger partial charge in [0.05, 0.1) is 10.9 Å². The fraction of sp³-hybridized carbons (Fsp3) is 0.433. The van der Waals surface area contributed by atoms with Crippen molar-refractivity contribution in [3.8, 4) is 17.3 Å². The minimum atomic E-state index is -0.633. The van der Waals surface area contributed by atoms with Crippen LogP contribution in [0.2, 0.25) is 0 Å². The molecule has 0 spiro atoms. The summed E-state index contributed by atoms with van der Waals surface area (Å²) in [6, 6.07) is 10.2. The van der Waals surface area contributed by atoms with Crippen LogP contribution in [-0.2, 0) is 0 Å². The van der Waals surface area contributed by atoms with E-state index in [1.807, 2.05) is 0 Å². The van der Waals surface area contributed by atoms with Gasteiger partial charge in [-0.15, -0.1) is 0 Å². The topological polar surface area (TPSA) is 89.2 Å². The first kappa shape index (κ1) is 24.6. The minimum absolute atomic E-state index is 0.00157. The molecular weight excluding hydrogens is 498 g/mol. The van der Waals surface area contributed by atoms with Crippen LogP contribution in [0.1, 0.15) is 44.9 Å². The number of anilines is 1. The Morgan fingerprint density at radius 2 is 1.74 bits per heavy atom. The monoisotopic (exact) mass is 530 g/mol. The van der Waals surface area contributed by atoms with E-state index in [0.717, 1.165) is 58.0 Å². The van der Waals surface area contributed by atoms with E-state index in [9.17, 15) is 4.39 Å². The number of hydrogen-bond acceptors (Lipinski definition) is 7. The highest BCUT2D eigenvalue weighted by Crippen LogP contribution is 2.40. The highest BCUT2D eigenvalue weighted by molar-refractivity contribution is 5.99. The number of rotatable bonds is 7. The SMILES string of the molecule is NC1(CNc2nc(OCC34CCCN3CCC4)nc3c(F)c(-c4cccc5cccc(F)c45)ncc23)CCC1. The van der Waals surface area contributed by atoms with Crippen LogP contribution in [0.3, 0.4) is 0 Å². The van der Waals surface area contributed by atoms with Crippen LogP contribution >= 0.6 is 0 Å². The van der Waals surface area contributed by atoms with Crippen LogP contribution in [0, 0.1) is 11.6 Å². The summed E-state index contributed by atoms with van der Waals surface area (Å²) in [4.78, 5) is 16.1. The average molecular weight is 531 g/mol. The number of aromatic nitrogens is 3. The van der Waals surface area contributed by atoms with Crippen molar-refractivity contribution in [3.05, 3.63) is 54.2 Å². The van der Waals surface area contributed by atoms with E-state index in [1.54, 1.807) is 36.5 Å². The molecule has 1 aliphatic carbocycles. The third kappa shape index (κ3) is 4.19. The van der Waals surface area contributed by atoms with Crippen LogP contribution in [0.4, 0.5) is 14.6 Å². The zero-order valence-electron chi connectivity index (χ0n) is 21.9. The molecule has 2 saturated heterocycles. The Morgan fingerprint density at radius 3 is 2.49 bits per heavy atom. The number of nitrogens with one attached hydrogen (secondary N) is 1. The Morgan fingerprint density at radius 1 is 0.974 bits per heavy atom. The first-order chi connectivity index (χ1) is 18.9. The van der Waals surface area contributed by atoms with Crippen molar-refractivity contribution in [3.63, 3.8) is 0 Å². The van der Waals surface area contributed by atoms with Gasteiger partial charge in [0.15, 0.2) is 5.82 Å². The van der Waals surface area contributed by atoms with E-state index in [0.29, 0.717) is 40.7 Å². The normalized spacial score (nSPS) is 19.8. The van der Waals surface area contributed by atoms with Crippen molar-refractivity contribution in [2.75, 3.05) is 31.6 Å². The van der Waals surface area contributed by atoms with Gasteiger partial charge in [0, 0.05) is 29.2 Å². The molecule has 9 heteroatoms. The molecule has 4 heterocycles. The molecule has 39 heavy (non-hydrogen) atoms. The van der Waals surface area contributed by atoms with Crippen LogP contribution in [0.5, 0.6) is 6.01 Å². The average Bonchev–Trinajstić information content (AvgIpc) is 3.51. The maximum atomic E-state index is 16.3. The second-order valence-corrected chi connectivity index (χ2v) is 11.5. The summed E-state index contributed by atoms with van der Waals surface area (Å²) in [6.07, 6.45) is 8.96. The molecule has 1 saturated carbocycles. The first-order valence-corrected chi connectivity index (χ1v) is 13.9. The molecule has 0 atom stereocenters. The van der Waals surface area contributed by atoms with Crippen LogP contribution in [-0.4, -0.2) is 57.2 Å². The van der Waals surface area contributed by atoms with Gasteiger partial charge in [-0.05, 0) is 69.5 Å². The number of nitrogens with zero attached hydrogens (tertiary/aromatic N) is 4. The molecular formula is C30H32F2N6O. The number of hydrogen-bond donors (Lipinski definition) is 2. The molecule has 2 aromatic heterocycles.